The number of anilines is 2. The summed E-state index contributed by atoms with van der Waals surface area (Å²) in [5.41, 5.74) is 2.67. The largest absolute Gasteiger partial charge is 0.356 e. The zero-order valence-electron chi connectivity index (χ0n) is 11.8. The molecule has 2 fully saturated rings. The Labute approximate surface area is 114 Å². The summed E-state index contributed by atoms with van der Waals surface area (Å²) >= 11 is 0. The van der Waals surface area contributed by atoms with Crippen molar-refractivity contribution in [2.75, 3.05) is 23.4 Å². The second kappa shape index (κ2) is 4.96. The summed E-state index contributed by atoms with van der Waals surface area (Å²) < 4.78 is 0. The van der Waals surface area contributed by atoms with E-state index in [2.05, 4.69) is 29.2 Å². The summed E-state index contributed by atoms with van der Waals surface area (Å²) in [6, 6.07) is 1.97. The van der Waals surface area contributed by atoms with E-state index < -0.39 is 0 Å². The van der Waals surface area contributed by atoms with E-state index >= 15 is 0 Å². The van der Waals surface area contributed by atoms with E-state index in [0.717, 1.165) is 42.4 Å². The average molecular weight is 261 g/mol. The average Bonchev–Trinajstić information content (AvgIpc) is 3.14. The predicted molar refractivity (Wildman–Crippen MR) is 77.0 cm³/mol. The number of nitrogens with one attached hydrogen (secondary N) is 1. The minimum absolute atomic E-state index is 0.551. The molecule has 0 aromatic carbocycles. The lowest BCUT2D eigenvalue weighted by atomic mass is 9.95. The second-order valence-electron chi connectivity index (χ2n) is 6.13. The normalized spacial score (nSPS) is 23.2. The van der Waals surface area contributed by atoms with Crippen molar-refractivity contribution in [3.05, 3.63) is 11.9 Å². The number of hydrogen-bond donors (Lipinski definition) is 2. The Balaban J connectivity index is 1.82. The molecule has 104 valence electrons. The molecule has 19 heavy (non-hydrogen) atoms. The minimum Gasteiger partial charge on any atom is -0.356 e. The molecule has 2 aliphatic rings. The first-order valence-corrected chi connectivity index (χ1v) is 7.28. The molecule has 5 heteroatoms. The van der Waals surface area contributed by atoms with Gasteiger partial charge in [-0.15, -0.1) is 0 Å². The number of aromatic nitrogens is 2. The molecule has 1 saturated carbocycles. The topological polar surface area (TPSA) is 67.1 Å². The molecule has 1 saturated heterocycles. The summed E-state index contributed by atoms with van der Waals surface area (Å²) in [5.74, 6) is 10.3. The molecular weight excluding hydrogens is 238 g/mol. The first-order valence-electron chi connectivity index (χ1n) is 7.28. The van der Waals surface area contributed by atoms with Crippen LogP contribution in [0.4, 0.5) is 11.6 Å². The van der Waals surface area contributed by atoms with Crippen LogP contribution in [-0.4, -0.2) is 23.1 Å². The smallest absolute Gasteiger partial charge is 0.145 e. The molecule has 0 amide bonds. The number of rotatable bonds is 4. The molecule has 1 aliphatic carbocycles. The number of hydrazine groups is 1. The Hall–Kier alpha value is -1.36. The lowest BCUT2D eigenvalue weighted by Crippen LogP contribution is -2.23. The van der Waals surface area contributed by atoms with Crippen LogP contribution in [0.3, 0.4) is 0 Å². The van der Waals surface area contributed by atoms with E-state index in [1.807, 2.05) is 6.07 Å². The number of hydrogen-bond acceptors (Lipinski definition) is 5. The van der Waals surface area contributed by atoms with Crippen LogP contribution in [0, 0.1) is 11.8 Å². The van der Waals surface area contributed by atoms with Crippen LogP contribution < -0.4 is 16.2 Å². The van der Waals surface area contributed by atoms with Gasteiger partial charge in [0.15, 0.2) is 0 Å². The first kappa shape index (κ1) is 12.7. The van der Waals surface area contributed by atoms with E-state index in [9.17, 15) is 0 Å². The summed E-state index contributed by atoms with van der Waals surface area (Å²) in [7, 11) is 0. The third-order valence-corrected chi connectivity index (χ3v) is 4.31. The van der Waals surface area contributed by atoms with Crippen molar-refractivity contribution >= 4 is 11.6 Å². The zero-order valence-corrected chi connectivity index (χ0v) is 11.8. The zero-order chi connectivity index (χ0) is 13.4. The molecule has 1 aromatic heterocycles. The van der Waals surface area contributed by atoms with Gasteiger partial charge in [-0.05, 0) is 31.1 Å². The highest BCUT2D eigenvalue weighted by Gasteiger charge is 2.30. The molecular formula is C14H23N5. The monoisotopic (exact) mass is 261 g/mol. The highest BCUT2D eigenvalue weighted by molar-refractivity contribution is 5.50. The first-order chi connectivity index (χ1) is 9.17. The third kappa shape index (κ3) is 2.66. The van der Waals surface area contributed by atoms with Crippen molar-refractivity contribution in [2.45, 2.75) is 39.0 Å². The fourth-order valence-corrected chi connectivity index (χ4v) is 2.75. The van der Waals surface area contributed by atoms with Gasteiger partial charge in [-0.25, -0.2) is 15.8 Å². The van der Waals surface area contributed by atoms with E-state index in [4.69, 9.17) is 10.8 Å². The second-order valence-corrected chi connectivity index (χ2v) is 6.13. The van der Waals surface area contributed by atoms with Gasteiger partial charge in [-0.1, -0.05) is 13.8 Å². The Morgan fingerprint density at radius 1 is 1.32 bits per heavy atom. The van der Waals surface area contributed by atoms with Gasteiger partial charge in [-0.3, -0.25) is 0 Å². The highest BCUT2D eigenvalue weighted by Crippen LogP contribution is 2.39. The Kier molecular flexibility index (Phi) is 3.31. The van der Waals surface area contributed by atoms with Gasteiger partial charge in [0.1, 0.15) is 17.5 Å². The molecule has 0 bridgehead atoms. The molecule has 3 N–H and O–H groups in total. The maximum Gasteiger partial charge on any atom is 0.145 e. The molecule has 1 aliphatic heterocycles. The van der Waals surface area contributed by atoms with Crippen LogP contribution in [0.2, 0.25) is 0 Å². The fraction of sp³-hybridized carbons (Fsp3) is 0.714. The number of nitrogen functional groups attached to an aromatic ring is 1. The van der Waals surface area contributed by atoms with Crippen molar-refractivity contribution < 1.29 is 0 Å². The van der Waals surface area contributed by atoms with Crippen LogP contribution in [0.1, 0.15) is 44.9 Å². The molecule has 1 unspecified atom stereocenters. The van der Waals surface area contributed by atoms with Gasteiger partial charge < -0.3 is 10.3 Å². The predicted octanol–water partition coefficient (Wildman–Crippen LogP) is 2.12. The van der Waals surface area contributed by atoms with E-state index in [0.29, 0.717) is 5.92 Å². The van der Waals surface area contributed by atoms with Crippen molar-refractivity contribution in [3.63, 3.8) is 0 Å². The van der Waals surface area contributed by atoms with Gasteiger partial charge in [0.25, 0.3) is 0 Å². The Bertz CT molecular complexity index is 455. The molecule has 1 aromatic rings. The van der Waals surface area contributed by atoms with Crippen LogP contribution >= 0.6 is 0 Å². The van der Waals surface area contributed by atoms with Crippen molar-refractivity contribution in [1.29, 1.82) is 0 Å². The number of nitrogens with zero attached hydrogens (tertiary/aromatic N) is 3. The Morgan fingerprint density at radius 2 is 2.11 bits per heavy atom. The van der Waals surface area contributed by atoms with Crippen molar-refractivity contribution in [2.24, 2.45) is 17.7 Å². The van der Waals surface area contributed by atoms with Gasteiger partial charge in [0, 0.05) is 25.1 Å². The van der Waals surface area contributed by atoms with Gasteiger partial charge in [0.2, 0.25) is 0 Å². The summed E-state index contributed by atoms with van der Waals surface area (Å²) in [4.78, 5) is 11.6. The quantitative estimate of drug-likeness (QED) is 0.642. The van der Waals surface area contributed by atoms with E-state index in [1.54, 1.807) is 0 Å². The van der Waals surface area contributed by atoms with Gasteiger partial charge in [0.05, 0.1) is 0 Å². The van der Waals surface area contributed by atoms with Crippen LogP contribution in [0.15, 0.2) is 6.07 Å². The fourth-order valence-electron chi connectivity index (χ4n) is 2.75. The highest BCUT2D eigenvalue weighted by atomic mass is 15.3. The summed E-state index contributed by atoms with van der Waals surface area (Å²) in [5, 5.41) is 0. The van der Waals surface area contributed by atoms with Crippen molar-refractivity contribution in [1.82, 2.24) is 9.97 Å². The lowest BCUT2D eigenvalue weighted by Gasteiger charge is -2.20. The molecule has 3 rings (SSSR count). The third-order valence-electron chi connectivity index (χ3n) is 4.31. The van der Waals surface area contributed by atoms with Crippen molar-refractivity contribution in [3.8, 4) is 0 Å². The Morgan fingerprint density at radius 3 is 2.68 bits per heavy atom. The minimum atomic E-state index is 0.551. The summed E-state index contributed by atoms with van der Waals surface area (Å²) in [6.07, 6.45) is 3.68. The maximum absolute atomic E-state index is 5.52. The molecule has 0 spiro atoms. The molecule has 0 radical (unpaired) electrons. The molecule has 1 atom stereocenters. The van der Waals surface area contributed by atoms with E-state index in [-0.39, 0.29) is 0 Å². The van der Waals surface area contributed by atoms with Crippen LogP contribution in [0.25, 0.3) is 0 Å². The lowest BCUT2D eigenvalue weighted by molar-refractivity contribution is 0.422. The van der Waals surface area contributed by atoms with Gasteiger partial charge in [-0.2, -0.15) is 0 Å². The van der Waals surface area contributed by atoms with E-state index in [1.165, 1.54) is 19.3 Å². The standard InChI is InChI=1S/C14H23N5/c1-9(2)11-5-6-19(8-11)13-7-12(18-15)16-14(17-13)10-3-4-10/h7,9-11H,3-6,8,15H2,1-2H3,(H,16,17,18). The maximum atomic E-state index is 5.52. The number of nitrogens with two attached hydrogens (primary N) is 1. The van der Waals surface area contributed by atoms with Gasteiger partial charge >= 0.3 is 0 Å². The SMILES string of the molecule is CC(C)C1CCN(c2cc(NN)nc(C3CC3)n2)C1. The molecule has 2 heterocycles. The molecule has 5 nitrogen and oxygen atoms in total. The van der Waals surface area contributed by atoms with Crippen LogP contribution in [-0.2, 0) is 0 Å². The summed E-state index contributed by atoms with van der Waals surface area (Å²) in [6.45, 7) is 6.80. The van der Waals surface area contributed by atoms with Crippen LogP contribution in [0.5, 0.6) is 0 Å².